The van der Waals surface area contributed by atoms with E-state index >= 15 is 0 Å². The van der Waals surface area contributed by atoms with Gasteiger partial charge in [0.25, 0.3) is 0 Å². The number of rotatable bonds is 34. The van der Waals surface area contributed by atoms with E-state index in [1.807, 2.05) is 0 Å². The Balaban J connectivity index is 3.03. The zero-order chi connectivity index (χ0) is 28.5. The van der Waals surface area contributed by atoms with Crippen LogP contribution in [-0.2, 0) is 4.74 Å². The summed E-state index contributed by atoms with van der Waals surface area (Å²) in [5, 5.41) is 0. The molecule has 0 atom stereocenters. The maximum Gasteiger partial charge on any atom is 0.0466 e. The van der Waals surface area contributed by atoms with Crippen LogP contribution in [0.5, 0.6) is 0 Å². The van der Waals surface area contributed by atoms with E-state index in [9.17, 15) is 0 Å². The van der Waals surface area contributed by atoms with E-state index in [4.69, 9.17) is 4.74 Å². The molecule has 0 aliphatic rings. The molecule has 0 amide bonds. The van der Waals surface area contributed by atoms with Crippen LogP contribution in [0.2, 0.25) is 0 Å². The molecular formula is C38H78O. The van der Waals surface area contributed by atoms with Crippen molar-refractivity contribution in [2.24, 2.45) is 11.8 Å². The normalized spacial score (nSPS) is 11.8. The largest absolute Gasteiger partial charge is 0.381 e. The van der Waals surface area contributed by atoms with Crippen molar-refractivity contribution in [3.8, 4) is 0 Å². The Bertz CT molecular complexity index is 377. The van der Waals surface area contributed by atoms with Gasteiger partial charge in [0.1, 0.15) is 0 Å². The van der Waals surface area contributed by atoms with Crippen molar-refractivity contribution in [1.82, 2.24) is 0 Å². The standard InChI is InChI=1S/C38H78O/c1-37(2)33-29-25-21-17-13-9-5-7-11-15-19-23-27-31-35-39-36-32-28-24-20-16-12-8-6-10-14-18-22-26-30-34-38(3)4/h37-38H,5-36H2,1-4H3. The molecule has 0 aromatic rings. The summed E-state index contributed by atoms with van der Waals surface area (Å²) >= 11 is 0. The molecule has 1 heteroatoms. The first-order valence-corrected chi connectivity index (χ1v) is 18.7. The Hall–Kier alpha value is -0.0400. The molecule has 0 aliphatic carbocycles. The molecule has 0 saturated carbocycles. The lowest BCUT2D eigenvalue weighted by molar-refractivity contribution is 0.125. The highest BCUT2D eigenvalue weighted by Crippen LogP contribution is 2.16. The summed E-state index contributed by atoms with van der Waals surface area (Å²) in [6, 6.07) is 0. The summed E-state index contributed by atoms with van der Waals surface area (Å²) in [6.45, 7) is 11.4. The van der Waals surface area contributed by atoms with Gasteiger partial charge in [-0.2, -0.15) is 0 Å². The SMILES string of the molecule is CC(C)CCCCCCCCCCCCCCCCOCCCCCCCCCCCCCCCCC(C)C. The molecule has 0 N–H and O–H groups in total. The van der Waals surface area contributed by atoms with Crippen molar-refractivity contribution in [3.05, 3.63) is 0 Å². The van der Waals surface area contributed by atoms with Gasteiger partial charge in [0.05, 0.1) is 0 Å². The van der Waals surface area contributed by atoms with Crippen molar-refractivity contribution in [2.45, 2.75) is 220 Å². The Morgan fingerprint density at radius 1 is 0.256 bits per heavy atom. The van der Waals surface area contributed by atoms with Crippen LogP contribution in [-0.4, -0.2) is 13.2 Å². The minimum atomic E-state index is 0.890. The summed E-state index contributed by atoms with van der Waals surface area (Å²) in [6.07, 6.45) is 43.1. The fourth-order valence-electron chi connectivity index (χ4n) is 5.86. The lowest BCUT2D eigenvalue weighted by atomic mass is 10.0. The van der Waals surface area contributed by atoms with Crippen molar-refractivity contribution < 1.29 is 4.74 Å². The maximum atomic E-state index is 5.88. The smallest absolute Gasteiger partial charge is 0.0466 e. The van der Waals surface area contributed by atoms with Gasteiger partial charge in [0, 0.05) is 13.2 Å². The van der Waals surface area contributed by atoms with Gasteiger partial charge in [-0.25, -0.2) is 0 Å². The van der Waals surface area contributed by atoms with Gasteiger partial charge in [0.15, 0.2) is 0 Å². The van der Waals surface area contributed by atoms with Crippen molar-refractivity contribution >= 4 is 0 Å². The van der Waals surface area contributed by atoms with Gasteiger partial charge >= 0.3 is 0 Å². The summed E-state index contributed by atoms with van der Waals surface area (Å²) in [5.74, 6) is 1.78. The molecule has 0 radical (unpaired) electrons. The Labute approximate surface area is 249 Å². The number of hydrogen-bond donors (Lipinski definition) is 0. The zero-order valence-corrected chi connectivity index (χ0v) is 28.2. The molecule has 0 unspecified atom stereocenters. The summed E-state index contributed by atoms with van der Waals surface area (Å²) in [4.78, 5) is 0. The third kappa shape index (κ3) is 38.0. The van der Waals surface area contributed by atoms with E-state index in [0.29, 0.717) is 0 Å². The molecular weight excluding hydrogens is 472 g/mol. The summed E-state index contributed by atoms with van der Waals surface area (Å²) < 4.78 is 5.88. The Morgan fingerprint density at radius 2 is 0.436 bits per heavy atom. The first kappa shape index (κ1) is 39.0. The van der Waals surface area contributed by atoms with Gasteiger partial charge < -0.3 is 4.74 Å². The molecule has 0 fully saturated rings. The second kappa shape index (κ2) is 34.2. The lowest BCUT2D eigenvalue weighted by Gasteiger charge is -2.06. The van der Waals surface area contributed by atoms with Crippen LogP contribution >= 0.6 is 0 Å². The molecule has 0 bridgehead atoms. The minimum Gasteiger partial charge on any atom is -0.381 e. The third-order valence-electron chi connectivity index (χ3n) is 8.64. The highest BCUT2D eigenvalue weighted by molar-refractivity contribution is 4.53. The van der Waals surface area contributed by atoms with E-state index < -0.39 is 0 Å². The molecule has 0 heterocycles. The number of ether oxygens (including phenoxy) is 1. The van der Waals surface area contributed by atoms with Crippen LogP contribution in [0.3, 0.4) is 0 Å². The van der Waals surface area contributed by atoms with Crippen molar-refractivity contribution in [3.63, 3.8) is 0 Å². The molecule has 39 heavy (non-hydrogen) atoms. The fourth-order valence-corrected chi connectivity index (χ4v) is 5.86. The first-order valence-electron chi connectivity index (χ1n) is 18.7. The molecule has 0 rings (SSSR count). The van der Waals surface area contributed by atoms with Crippen LogP contribution in [0.25, 0.3) is 0 Å². The quantitative estimate of drug-likeness (QED) is 0.0724. The van der Waals surface area contributed by atoms with Crippen LogP contribution in [0, 0.1) is 11.8 Å². The van der Waals surface area contributed by atoms with Gasteiger partial charge in [-0.1, -0.05) is 207 Å². The van der Waals surface area contributed by atoms with E-state index in [0.717, 1.165) is 25.0 Å². The van der Waals surface area contributed by atoms with Gasteiger partial charge in [-0.05, 0) is 24.7 Å². The van der Waals surface area contributed by atoms with Crippen molar-refractivity contribution in [1.29, 1.82) is 0 Å². The predicted octanol–water partition coefficient (Wildman–Crippen LogP) is 14.0. The topological polar surface area (TPSA) is 9.23 Å². The molecule has 0 aliphatic heterocycles. The summed E-state index contributed by atoms with van der Waals surface area (Å²) in [7, 11) is 0. The average molecular weight is 551 g/mol. The lowest BCUT2D eigenvalue weighted by Crippen LogP contribution is -1.97. The molecule has 0 aromatic carbocycles. The van der Waals surface area contributed by atoms with E-state index in [1.54, 1.807) is 0 Å². The van der Waals surface area contributed by atoms with E-state index in [2.05, 4.69) is 27.7 Å². The maximum absolute atomic E-state index is 5.88. The van der Waals surface area contributed by atoms with Crippen LogP contribution in [0.4, 0.5) is 0 Å². The van der Waals surface area contributed by atoms with Gasteiger partial charge in [-0.3, -0.25) is 0 Å². The molecule has 0 aromatic heterocycles. The Morgan fingerprint density at radius 3 is 0.641 bits per heavy atom. The highest BCUT2D eigenvalue weighted by Gasteiger charge is 1.98. The number of unbranched alkanes of at least 4 members (excludes halogenated alkanes) is 26. The third-order valence-corrected chi connectivity index (χ3v) is 8.64. The molecule has 1 nitrogen and oxygen atoms in total. The summed E-state index contributed by atoms with van der Waals surface area (Å²) in [5.41, 5.74) is 0. The number of hydrogen-bond acceptors (Lipinski definition) is 1. The molecule has 236 valence electrons. The predicted molar refractivity (Wildman–Crippen MR) is 179 cm³/mol. The average Bonchev–Trinajstić information content (AvgIpc) is 2.91. The highest BCUT2D eigenvalue weighted by atomic mass is 16.5. The van der Waals surface area contributed by atoms with Crippen LogP contribution in [0.15, 0.2) is 0 Å². The Kier molecular flexibility index (Phi) is 34.1. The zero-order valence-electron chi connectivity index (χ0n) is 28.2. The van der Waals surface area contributed by atoms with E-state index in [-0.39, 0.29) is 0 Å². The van der Waals surface area contributed by atoms with Gasteiger partial charge in [-0.15, -0.1) is 0 Å². The molecule has 0 saturated heterocycles. The monoisotopic (exact) mass is 551 g/mol. The second-order valence-corrected chi connectivity index (χ2v) is 13.9. The van der Waals surface area contributed by atoms with Crippen LogP contribution < -0.4 is 0 Å². The van der Waals surface area contributed by atoms with Gasteiger partial charge in [0.2, 0.25) is 0 Å². The fraction of sp³-hybridized carbons (Fsp3) is 1.00. The molecule has 0 spiro atoms. The van der Waals surface area contributed by atoms with Crippen molar-refractivity contribution in [2.75, 3.05) is 13.2 Å². The van der Waals surface area contributed by atoms with Crippen LogP contribution in [0.1, 0.15) is 220 Å². The first-order chi connectivity index (χ1) is 19.1. The minimum absolute atomic E-state index is 0.890. The second-order valence-electron chi connectivity index (χ2n) is 13.9. The van der Waals surface area contributed by atoms with E-state index in [1.165, 1.54) is 193 Å².